The fourth-order valence-corrected chi connectivity index (χ4v) is 1.99. The maximum absolute atomic E-state index is 11.4. The Morgan fingerprint density at radius 2 is 2.00 bits per heavy atom. The van der Waals surface area contributed by atoms with Crippen molar-refractivity contribution < 1.29 is 4.79 Å². The molecule has 104 valence electrons. The van der Waals surface area contributed by atoms with Crippen LogP contribution in [0.1, 0.15) is 29.0 Å². The van der Waals surface area contributed by atoms with Crippen molar-refractivity contribution in [1.29, 1.82) is 0 Å². The summed E-state index contributed by atoms with van der Waals surface area (Å²) in [5, 5.41) is 0. The molecule has 20 heavy (non-hydrogen) atoms. The first kappa shape index (κ1) is 13.8. The van der Waals surface area contributed by atoms with Gasteiger partial charge in [-0.2, -0.15) is 0 Å². The van der Waals surface area contributed by atoms with Gasteiger partial charge in [-0.1, -0.05) is 12.1 Å². The van der Waals surface area contributed by atoms with Gasteiger partial charge < -0.3 is 16.4 Å². The van der Waals surface area contributed by atoms with Gasteiger partial charge in [-0.3, -0.25) is 4.79 Å². The first-order valence-corrected chi connectivity index (χ1v) is 6.19. The van der Waals surface area contributed by atoms with E-state index in [0.29, 0.717) is 11.5 Å². The summed E-state index contributed by atoms with van der Waals surface area (Å²) < 4.78 is 0. The van der Waals surface area contributed by atoms with E-state index in [1.807, 2.05) is 43.1 Å². The van der Waals surface area contributed by atoms with Crippen LogP contribution in [0.15, 0.2) is 36.7 Å². The van der Waals surface area contributed by atoms with Crippen molar-refractivity contribution in [2.24, 2.45) is 5.73 Å². The molecule has 6 heteroatoms. The maximum Gasteiger partial charge on any atom is 0.271 e. The Morgan fingerprint density at radius 1 is 1.30 bits per heavy atom. The molecule has 4 N–H and O–H groups in total. The minimum Gasteiger partial charge on any atom is -0.399 e. The summed E-state index contributed by atoms with van der Waals surface area (Å²) in [6.45, 7) is 1.99. The van der Waals surface area contributed by atoms with Crippen molar-refractivity contribution in [3.05, 3.63) is 47.9 Å². The maximum atomic E-state index is 11.4. The van der Waals surface area contributed by atoms with Gasteiger partial charge in [0.2, 0.25) is 0 Å². The molecule has 0 saturated carbocycles. The van der Waals surface area contributed by atoms with Gasteiger partial charge in [0, 0.05) is 25.1 Å². The van der Waals surface area contributed by atoms with Crippen LogP contribution in [-0.2, 0) is 0 Å². The van der Waals surface area contributed by atoms with Crippen molar-refractivity contribution >= 4 is 17.4 Å². The van der Waals surface area contributed by atoms with E-state index in [1.54, 1.807) is 0 Å². The second kappa shape index (κ2) is 5.56. The molecule has 1 heterocycles. The highest BCUT2D eigenvalue weighted by Crippen LogP contribution is 2.26. The smallest absolute Gasteiger partial charge is 0.271 e. The lowest BCUT2D eigenvalue weighted by molar-refractivity contribution is 0.0995. The normalized spacial score (nSPS) is 11.9. The number of carbonyl (C=O) groups is 1. The molecule has 0 spiro atoms. The highest BCUT2D eigenvalue weighted by atomic mass is 16.1. The Morgan fingerprint density at radius 3 is 2.65 bits per heavy atom. The summed E-state index contributed by atoms with van der Waals surface area (Å²) >= 11 is 0. The van der Waals surface area contributed by atoms with E-state index in [0.717, 1.165) is 5.56 Å². The standard InChI is InChI=1S/C14H17N5O/c1-9(10-4-3-5-11(15)8-10)19(2)14-12(13(16)20)17-6-7-18-14/h3-9H,15H2,1-2H3,(H2,16,20). The molecule has 0 aliphatic carbocycles. The number of carbonyl (C=O) groups excluding carboxylic acids is 1. The number of nitrogens with zero attached hydrogens (tertiary/aromatic N) is 3. The van der Waals surface area contributed by atoms with Gasteiger partial charge in [-0.15, -0.1) is 0 Å². The van der Waals surface area contributed by atoms with Crippen LogP contribution in [0.2, 0.25) is 0 Å². The van der Waals surface area contributed by atoms with Crippen LogP contribution < -0.4 is 16.4 Å². The van der Waals surface area contributed by atoms with Gasteiger partial charge in [0.05, 0.1) is 6.04 Å². The number of primary amides is 1. The van der Waals surface area contributed by atoms with Crippen LogP contribution >= 0.6 is 0 Å². The third-order valence-corrected chi connectivity index (χ3v) is 3.22. The number of anilines is 2. The van der Waals surface area contributed by atoms with Gasteiger partial charge in [-0.05, 0) is 24.6 Å². The SMILES string of the molecule is CC(c1cccc(N)c1)N(C)c1nccnc1C(N)=O. The van der Waals surface area contributed by atoms with E-state index in [9.17, 15) is 4.79 Å². The third kappa shape index (κ3) is 2.69. The van der Waals surface area contributed by atoms with Gasteiger partial charge in [0.15, 0.2) is 11.5 Å². The molecule has 1 atom stereocenters. The lowest BCUT2D eigenvalue weighted by atomic mass is 10.1. The van der Waals surface area contributed by atoms with Crippen molar-refractivity contribution in [2.45, 2.75) is 13.0 Å². The summed E-state index contributed by atoms with van der Waals surface area (Å²) in [7, 11) is 1.84. The van der Waals surface area contributed by atoms with Crippen molar-refractivity contribution in [2.75, 3.05) is 17.7 Å². The quantitative estimate of drug-likeness (QED) is 0.818. The first-order valence-electron chi connectivity index (χ1n) is 6.19. The Kier molecular flexibility index (Phi) is 3.84. The molecule has 0 radical (unpaired) electrons. The number of rotatable bonds is 4. The largest absolute Gasteiger partial charge is 0.399 e. The zero-order chi connectivity index (χ0) is 14.7. The molecule has 1 aromatic heterocycles. The average molecular weight is 271 g/mol. The van der Waals surface area contributed by atoms with Crippen LogP contribution in [0.5, 0.6) is 0 Å². The molecule has 1 aromatic carbocycles. The molecular weight excluding hydrogens is 254 g/mol. The van der Waals surface area contributed by atoms with Gasteiger partial charge in [0.25, 0.3) is 5.91 Å². The van der Waals surface area contributed by atoms with E-state index >= 15 is 0 Å². The number of hydrogen-bond acceptors (Lipinski definition) is 5. The summed E-state index contributed by atoms with van der Waals surface area (Å²) in [6.07, 6.45) is 2.98. The molecule has 1 unspecified atom stereocenters. The predicted octanol–water partition coefficient (Wildman–Crippen LogP) is 1.36. The Labute approximate surface area is 117 Å². The minimum absolute atomic E-state index is 0.0201. The highest BCUT2D eigenvalue weighted by molar-refractivity contribution is 5.95. The fourth-order valence-electron chi connectivity index (χ4n) is 1.99. The van der Waals surface area contributed by atoms with Crippen LogP contribution in [-0.4, -0.2) is 22.9 Å². The van der Waals surface area contributed by atoms with Crippen LogP contribution in [0.3, 0.4) is 0 Å². The minimum atomic E-state index is -0.597. The van der Waals surface area contributed by atoms with E-state index in [2.05, 4.69) is 9.97 Å². The summed E-state index contributed by atoms with van der Waals surface area (Å²) in [5.74, 6) is -0.144. The van der Waals surface area contributed by atoms with Crippen LogP contribution in [0.25, 0.3) is 0 Å². The molecule has 6 nitrogen and oxygen atoms in total. The zero-order valence-corrected chi connectivity index (χ0v) is 11.4. The van der Waals surface area contributed by atoms with E-state index < -0.39 is 5.91 Å². The molecule has 0 aliphatic heterocycles. The molecule has 2 aromatic rings. The lowest BCUT2D eigenvalue weighted by Crippen LogP contribution is -2.27. The lowest BCUT2D eigenvalue weighted by Gasteiger charge is -2.27. The fraction of sp³-hybridized carbons (Fsp3) is 0.214. The summed E-state index contributed by atoms with van der Waals surface area (Å²) in [4.78, 5) is 21.5. The second-order valence-electron chi connectivity index (χ2n) is 4.55. The van der Waals surface area contributed by atoms with Crippen LogP contribution in [0.4, 0.5) is 11.5 Å². The Bertz CT molecular complexity index is 628. The molecule has 0 fully saturated rings. The topological polar surface area (TPSA) is 98.1 Å². The molecular formula is C14H17N5O. The van der Waals surface area contributed by atoms with Gasteiger partial charge in [0.1, 0.15) is 0 Å². The summed E-state index contributed by atoms with van der Waals surface area (Å²) in [5.41, 5.74) is 13.0. The Balaban J connectivity index is 2.36. The molecule has 0 bridgehead atoms. The Hall–Kier alpha value is -2.63. The number of amides is 1. The first-order chi connectivity index (χ1) is 9.50. The number of aromatic nitrogens is 2. The monoisotopic (exact) mass is 271 g/mol. The van der Waals surface area contributed by atoms with E-state index in [-0.39, 0.29) is 11.7 Å². The van der Waals surface area contributed by atoms with E-state index in [1.165, 1.54) is 12.4 Å². The molecule has 0 saturated heterocycles. The average Bonchev–Trinajstić information content (AvgIpc) is 2.45. The van der Waals surface area contributed by atoms with Gasteiger partial charge >= 0.3 is 0 Å². The number of nitrogen functional groups attached to an aromatic ring is 1. The molecule has 1 amide bonds. The van der Waals surface area contributed by atoms with Crippen molar-refractivity contribution in [3.8, 4) is 0 Å². The zero-order valence-electron chi connectivity index (χ0n) is 11.4. The molecule has 2 rings (SSSR count). The predicted molar refractivity (Wildman–Crippen MR) is 78.2 cm³/mol. The number of hydrogen-bond donors (Lipinski definition) is 2. The highest BCUT2D eigenvalue weighted by Gasteiger charge is 2.19. The van der Waals surface area contributed by atoms with E-state index in [4.69, 9.17) is 11.5 Å². The summed E-state index contributed by atoms with van der Waals surface area (Å²) in [6, 6.07) is 7.56. The second-order valence-corrected chi connectivity index (χ2v) is 4.55. The number of nitrogens with two attached hydrogens (primary N) is 2. The number of benzene rings is 1. The van der Waals surface area contributed by atoms with Crippen molar-refractivity contribution in [3.63, 3.8) is 0 Å². The van der Waals surface area contributed by atoms with Gasteiger partial charge in [-0.25, -0.2) is 9.97 Å². The third-order valence-electron chi connectivity index (χ3n) is 3.22. The molecule has 0 aliphatic rings. The van der Waals surface area contributed by atoms with Crippen LogP contribution in [0, 0.1) is 0 Å². The van der Waals surface area contributed by atoms with Crippen molar-refractivity contribution in [1.82, 2.24) is 9.97 Å².